The van der Waals surface area contributed by atoms with Crippen LogP contribution in [0.5, 0.6) is 0 Å². The standard InChI is InChI=1S/C18H26ClN3O.2ClH/c1-14-2-4-16(19)12-17(14)21-8-10-22(11-9-21)18(23)5-3-15-6-7-20-13-15;;/h2,4,12,15,20H,3,5-11,13H2,1H3;2*1H. The first kappa shape index (κ1) is 22.4. The molecule has 0 bridgehead atoms. The molecule has 2 saturated heterocycles. The van der Waals surface area contributed by atoms with Crippen LogP contribution in [-0.4, -0.2) is 50.1 Å². The molecule has 1 aromatic carbocycles. The molecule has 3 rings (SSSR count). The molecule has 142 valence electrons. The number of carbonyl (C=O) groups excluding carboxylic acids is 1. The van der Waals surface area contributed by atoms with Gasteiger partial charge in [-0.25, -0.2) is 0 Å². The van der Waals surface area contributed by atoms with Gasteiger partial charge in [0, 0.05) is 43.3 Å². The van der Waals surface area contributed by atoms with Crippen molar-refractivity contribution in [3.05, 3.63) is 28.8 Å². The number of benzene rings is 1. The molecular formula is C18H28Cl3N3O. The minimum atomic E-state index is 0. The molecule has 2 aliphatic heterocycles. The Bertz CT molecular complexity index is 556. The summed E-state index contributed by atoms with van der Waals surface area (Å²) < 4.78 is 0. The highest BCUT2D eigenvalue weighted by Crippen LogP contribution is 2.25. The van der Waals surface area contributed by atoms with Crippen molar-refractivity contribution in [3.8, 4) is 0 Å². The molecule has 2 aliphatic rings. The molecular weight excluding hydrogens is 381 g/mol. The summed E-state index contributed by atoms with van der Waals surface area (Å²) in [5, 5.41) is 4.14. The number of piperazine rings is 1. The minimum Gasteiger partial charge on any atom is -0.368 e. The lowest BCUT2D eigenvalue weighted by atomic mass is 10.0. The third-order valence-corrected chi connectivity index (χ3v) is 5.31. The number of anilines is 1. The van der Waals surface area contributed by atoms with Crippen molar-refractivity contribution in [2.45, 2.75) is 26.2 Å². The molecule has 7 heteroatoms. The molecule has 0 aliphatic carbocycles. The highest BCUT2D eigenvalue weighted by Gasteiger charge is 2.23. The molecule has 1 atom stereocenters. The van der Waals surface area contributed by atoms with E-state index < -0.39 is 0 Å². The maximum absolute atomic E-state index is 12.4. The second-order valence-electron chi connectivity index (χ2n) is 6.70. The zero-order valence-electron chi connectivity index (χ0n) is 14.7. The Balaban J connectivity index is 0.00000156. The molecule has 1 aromatic rings. The van der Waals surface area contributed by atoms with E-state index in [1.165, 1.54) is 17.7 Å². The summed E-state index contributed by atoms with van der Waals surface area (Å²) in [7, 11) is 0. The summed E-state index contributed by atoms with van der Waals surface area (Å²) in [5.74, 6) is 1.01. The second-order valence-corrected chi connectivity index (χ2v) is 7.13. The first-order valence-corrected chi connectivity index (χ1v) is 9.01. The number of hydrogen-bond donors (Lipinski definition) is 1. The third kappa shape index (κ3) is 5.92. The fourth-order valence-corrected chi connectivity index (χ4v) is 3.73. The van der Waals surface area contributed by atoms with E-state index in [2.05, 4.69) is 23.2 Å². The monoisotopic (exact) mass is 407 g/mol. The van der Waals surface area contributed by atoms with Crippen LogP contribution < -0.4 is 10.2 Å². The van der Waals surface area contributed by atoms with Gasteiger partial charge >= 0.3 is 0 Å². The Kier molecular flexibility index (Phi) is 9.36. The fraction of sp³-hybridized carbons (Fsp3) is 0.611. The van der Waals surface area contributed by atoms with Gasteiger partial charge in [0.05, 0.1) is 0 Å². The average Bonchev–Trinajstić information content (AvgIpc) is 3.08. The normalized spacial score (nSPS) is 20.0. The molecule has 25 heavy (non-hydrogen) atoms. The van der Waals surface area contributed by atoms with Gasteiger partial charge in [-0.1, -0.05) is 17.7 Å². The predicted octanol–water partition coefficient (Wildman–Crippen LogP) is 3.53. The number of nitrogens with zero attached hydrogens (tertiary/aromatic N) is 2. The largest absolute Gasteiger partial charge is 0.368 e. The number of hydrogen-bond acceptors (Lipinski definition) is 3. The molecule has 2 heterocycles. The maximum atomic E-state index is 12.4. The SMILES string of the molecule is Cc1ccc(Cl)cc1N1CCN(C(=O)CCC2CCNC2)CC1.Cl.Cl. The molecule has 1 amide bonds. The Labute approximate surface area is 168 Å². The molecule has 0 spiro atoms. The summed E-state index contributed by atoms with van der Waals surface area (Å²) in [6.07, 6.45) is 2.94. The molecule has 2 fully saturated rings. The van der Waals surface area contributed by atoms with Gasteiger partial charge in [0.1, 0.15) is 0 Å². The van der Waals surface area contributed by atoms with Crippen molar-refractivity contribution in [2.24, 2.45) is 5.92 Å². The smallest absolute Gasteiger partial charge is 0.222 e. The highest BCUT2D eigenvalue weighted by molar-refractivity contribution is 6.30. The first-order valence-electron chi connectivity index (χ1n) is 8.63. The number of amides is 1. The lowest BCUT2D eigenvalue weighted by Crippen LogP contribution is -2.49. The van der Waals surface area contributed by atoms with Gasteiger partial charge in [0.25, 0.3) is 0 Å². The van der Waals surface area contributed by atoms with Crippen LogP contribution in [0.3, 0.4) is 0 Å². The average molecular weight is 409 g/mol. The first-order chi connectivity index (χ1) is 11.1. The van der Waals surface area contributed by atoms with Crippen LogP contribution in [0.15, 0.2) is 18.2 Å². The third-order valence-electron chi connectivity index (χ3n) is 5.07. The van der Waals surface area contributed by atoms with E-state index in [-0.39, 0.29) is 24.8 Å². The Morgan fingerprint density at radius 3 is 2.60 bits per heavy atom. The van der Waals surface area contributed by atoms with Crippen molar-refractivity contribution >= 4 is 48.0 Å². The van der Waals surface area contributed by atoms with E-state index in [0.29, 0.717) is 18.2 Å². The van der Waals surface area contributed by atoms with Crippen LogP contribution in [0.1, 0.15) is 24.8 Å². The second kappa shape index (κ2) is 10.5. The summed E-state index contributed by atoms with van der Waals surface area (Å²) in [6.45, 7) is 7.70. The van der Waals surface area contributed by atoms with Crippen LogP contribution in [-0.2, 0) is 4.79 Å². The van der Waals surface area contributed by atoms with Crippen molar-refractivity contribution in [2.75, 3.05) is 44.2 Å². The number of nitrogens with one attached hydrogen (secondary N) is 1. The predicted molar refractivity (Wildman–Crippen MR) is 110 cm³/mol. The van der Waals surface area contributed by atoms with Crippen LogP contribution in [0.2, 0.25) is 5.02 Å². The van der Waals surface area contributed by atoms with Gasteiger partial charge in [-0.15, -0.1) is 24.8 Å². The van der Waals surface area contributed by atoms with E-state index in [4.69, 9.17) is 11.6 Å². The summed E-state index contributed by atoms with van der Waals surface area (Å²) in [6, 6.07) is 6.02. The molecule has 0 aromatic heterocycles. The molecule has 0 radical (unpaired) electrons. The summed E-state index contributed by atoms with van der Waals surface area (Å²) in [5.41, 5.74) is 2.43. The van der Waals surface area contributed by atoms with E-state index in [1.54, 1.807) is 0 Å². The summed E-state index contributed by atoms with van der Waals surface area (Å²) >= 11 is 6.12. The molecule has 1 unspecified atom stereocenters. The lowest BCUT2D eigenvalue weighted by molar-refractivity contribution is -0.131. The van der Waals surface area contributed by atoms with E-state index in [0.717, 1.165) is 50.7 Å². The van der Waals surface area contributed by atoms with Crippen molar-refractivity contribution in [3.63, 3.8) is 0 Å². The zero-order valence-corrected chi connectivity index (χ0v) is 17.1. The number of carbonyl (C=O) groups is 1. The number of halogens is 3. The molecule has 0 saturated carbocycles. The summed E-state index contributed by atoms with van der Waals surface area (Å²) in [4.78, 5) is 16.8. The topological polar surface area (TPSA) is 35.6 Å². The fourth-order valence-electron chi connectivity index (χ4n) is 3.57. The number of aryl methyl sites for hydroxylation is 1. The van der Waals surface area contributed by atoms with Gasteiger partial charge in [-0.3, -0.25) is 4.79 Å². The van der Waals surface area contributed by atoms with Crippen molar-refractivity contribution in [1.82, 2.24) is 10.2 Å². The van der Waals surface area contributed by atoms with Gasteiger partial charge in [-0.2, -0.15) is 0 Å². The molecule has 1 N–H and O–H groups in total. The Hall–Kier alpha value is -0.680. The van der Waals surface area contributed by atoms with Crippen LogP contribution in [0.25, 0.3) is 0 Å². The number of rotatable bonds is 4. The Morgan fingerprint density at radius 2 is 1.96 bits per heavy atom. The van der Waals surface area contributed by atoms with E-state index in [9.17, 15) is 4.79 Å². The van der Waals surface area contributed by atoms with Crippen LogP contribution in [0.4, 0.5) is 5.69 Å². The van der Waals surface area contributed by atoms with E-state index in [1.807, 2.05) is 17.0 Å². The minimum absolute atomic E-state index is 0. The lowest BCUT2D eigenvalue weighted by Gasteiger charge is -2.37. The van der Waals surface area contributed by atoms with E-state index >= 15 is 0 Å². The van der Waals surface area contributed by atoms with Gasteiger partial charge in [0.15, 0.2) is 0 Å². The van der Waals surface area contributed by atoms with Crippen molar-refractivity contribution < 1.29 is 4.79 Å². The quantitative estimate of drug-likeness (QED) is 0.828. The van der Waals surface area contributed by atoms with Crippen LogP contribution >= 0.6 is 36.4 Å². The van der Waals surface area contributed by atoms with Crippen molar-refractivity contribution in [1.29, 1.82) is 0 Å². The zero-order chi connectivity index (χ0) is 16.2. The van der Waals surface area contributed by atoms with Gasteiger partial charge < -0.3 is 15.1 Å². The highest BCUT2D eigenvalue weighted by atomic mass is 35.5. The maximum Gasteiger partial charge on any atom is 0.222 e. The Morgan fingerprint density at radius 1 is 1.24 bits per heavy atom. The van der Waals surface area contributed by atoms with Crippen LogP contribution in [0, 0.1) is 12.8 Å². The van der Waals surface area contributed by atoms with Gasteiger partial charge in [-0.05, 0) is 56.5 Å². The van der Waals surface area contributed by atoms with Gasteiger partial charge in [0.2, 0.25) is 5.91 Å². The molecule has 4 nitrogen and oxygen atoms in total.